The van der Waals surface area contributed by atoms with Crippen LogP contribution in [0, 0.1) is 0 Å². The fourth-order valence-corrected chi connectivity index (χ4v) is 0. The van der Waals surface area contributed by atoms with Crippen LogP contribution < -0.4 is 5.73 Å². The quantitative estimate of drug-likeness (QED) is 0.453. The zero-order chi connectivity index (χ0) is 5.41. The van der Waals surface area contributed by atoms with Gasteiger partial charge in [-0.25, -0.2) is 0 Å². The number of aliphatic hydroxyl groups is 1. The summed E-state index contributed by atoms with van der Waals surface area (Å²) in [7, 11) is 0. The topological polar surface area (TPSA) is 235 Å². The van der Waals surface area contributed by atoms with Crippen LogP contribution >= 0.6 is 0 Å². The van der Waals surface area contributed by atoms with Gasteiger partial charge in [0.2, 0.25) is 0 Å². The van der Waals surface area contributed by atoms with Crippen LogP contribution in [0.3, 0.4) is 0 Å². The van der Waals surface area contributed by atoms with Crippen molar-refractivity contribution in [1.29, 1.82) is 0 Å². The first-order valence-corrected chi connectivity index (χ1v) is 3.81. The molecule has 0 spiro atoms. The van der Waals surface area contributed by atoms with E-state index in [1.54, 1.807) is 0 Å². The van der Waals surface area contributed by atoms with Gasteiger partial charge in [0.05, 0.1) is 6.61 Å². The van der Waals surface area contributed by atoms with Gasteiger partial charge in [0.25, 0.3) is 0 Å². The third-order valence-electron chi connectivity index (χ3n) is 0.129. The van der Waals surface area contributed by atoms with E-state index in [4.69, 9.17) is 10.8 Å². The fraction of sp³-hybridized carbons (Fsp3) is 1.00. The van der Waals surface area contributed by atoms with E-state index in [0.29, 0.717) is 6.54 Å². The Morgan fingerprint density at radius 2 is 1.00 bits per heavy atom. The van der Waals surface area contributed by atoms with Gasteiger partial charge in [0, 0.05) is 6.54 Å². The van der Waals surface area contributed by atoms with Crippen molar-refractivity contribution >= 4 is 0 Å². The molecule has 0 rings (SSSR count). The second kappa shape index (κ2) is 218. The van der Waals surface area contributed by atoms with Gasteiger partial charge in [-0.15, -0.1) is 0 Å². The Balaban J connectivity index is -0.00000000317. The van der Waals surface area contributed by atoms with E-state index < -0.39 is 0 Å². The summed E-state index contributed by atoms with van der Waals surface area (Å²) < 4.78 is 0. The van der Waals surface area contributed by atoms with Crippen LogP contribution in [0.15, 0.2) is 0 Å². The van der Waals surface area contributed by atoms with Gasteiger partial charge < -0.3 is 43.7 Å². The van der Waals surface area contributed by atoms with Gasteiger partial charge in [0.1, 0.15) is 0 Å². The van der Waals surface area contributed by atoms with Crippen LogP contribution in [0.1, 0.15) is 0 Å². The molecule has 0 aliphatic carbocycles. The molecule has 0 aromatic heterocycles. The molecule has 0 aliphatic rings. The van der Waals surface area contributed by atoms with E-state index in [1.807, 2.05) is 5.31 Å². The number of aliphatic hydroxyl groups excluding tert-OH is 1. The minimum absolute atomic E-state index is 0. The molecule has 0 aromatic rings. The summed E-state index contributed by atoms with van der Waals surface area (Å²) in [6.07, 6.45) is 0. The predicted molar refractivity (Wildman–Crippen MR) is 43.7 cm³/mol. The molecular weight excluding hydrogens is 357 g/mol. The zero-order valence-electron chi connectivity index (χ0n) is 6.76. The van der Waals surface area contributed by atoms with Crippen molar-refractivity contribution in [2.75, 3.05) is 13.2 Å². The van der Waals surface area contributed by atoms with Gasteiger partial charge in [-0.1, -0.05) is 0 Å². The average molecular weight is 379 g/mol. The van der Waals surface area contributed by atoms with Crippen LogP contribution in [0.2, 0.25) is 5.31 Å². The van der Waals surface area contributed by atoms with E-state index in [9.17, 15) is 0 Å². The molecule has 0 bridgehead atoms. The summed E-state index contributed by atoms with van der Waals surface area (Å²) in [6.45, 7) is 0.472. The third-order valence-corrected chi connectivity index (χ3v) is 0.129. The van der Waals surface area contributed by atoms with Gasteiger partial charge in [-0.2, -0.15) is 0 Å². The number of hydrogen-bond acceptors (Lipinski definition) is 2. The molecule has 0 aliphatic heterocycles. The summed E-state index contributed by atoms with van der Waals surface area (Å²) in [5, 5.41) is 9.72. The van der Waals surface area contributed by atoms with Crippen molar-refractivity contribution in [2.24, 2.45) is 5.73 Å². The van der Waals surface area contributed by atoms with Gasteiger partial charge in [0.15, 0.2) is 0 Å². The summed E-state index contributed by atoms with van der Waals surface area (Å²) >= 11 is 2.14. The summed E-state index contributed by atoms with van der Waals surface area (Å²) in [6, 6.07) is 0. The Morgan fingerprint density at radius 1 is 0.917 bits per heavy atom. The molecule has 8 nitrogen and oxygen atoms in total. The van der Waals surface area contributed by atoms with Crippen molar-refractivity contribution in [2.45, 2.75) is 5.31 Å². The normalized spacial score (nSPS) is 3.08. The van der Waals surface area contributed by atoms with E-state index in [-0.39, 0.29) is 39.5 Å². The average Bonchev–Trinajstić information content (AvgIpc) is 1.72. The van der Waals surface area contributed by atoms with Gasteiger partial charge in [-0.3, -0.25) is 0 Å². The second-order valence-electron chi connectivity index (χ2n) is 0.512. The predicted octanol–water partition coefficient (Wildman–Crippen LogP) is -5.43. The molecule has 0 fully saturated rings. The molecule has 0 aromatic carbocycles. The van der Waals surface area contributed by atoms with Crippen molar-refractivity contribution in [3.8, 4) is 0 Å². The van der Waals surface area contributed by atoms with Crippen LogP contribution in [0.4, 0.5) is 0 Å². The fourth-order valence-electron chi connectivity index (χ4n) is 0. The van der Waals surface area contributed by atoms with Crippen LogP contribution in [0.25, 0.3) is 0 Å². The maximum atomic E-state index is 7.75. The summed E-state index contributed by atoms with van der Waals surface area (Å²) in [4.78, 5) is 0. The number of rotatable bonds is 1. The molecule has 0 saturated carbocycles. The second-order valence-corrected chi connectivity index (χ2v) is 0.512. The molecule has 12 heavy (non-hydrogen) atoms. The monoisotopic (exact) mass is 379 g/mol. The standard InChI is InChI=1S/C2H7NO.CH3.6H2O.Pt/c3-1-2-4;;;;;;;;/h4H,1-3H2;1H3;6*1H2;. The zero-order valence-corrected chi connectivity index (χ0v) is 9.03. The number of nitrogens with two attached hydrogens (primary N) is 1. The molecular formula is C3H22NO7Pt. The first-order valence-electron chi connectivity index (χ1n) is 1.54. The van der Waals surface area contributed by atoms with Gasteiger partial charge >= 0.3 is 25.1 Å². The summed E-state index contributed by atoms with van der Waals surface area (Å²) in [5.41, 5.74) is 4.78. The Hall–Kier alpha value is 0.368. The van der Waals surface area contributed by atoms with Crippen molar-refractivity contribution in [3.63, 3.8) is 0 Å². The van der Waals surface area contributed by atoms with Gasteiger partial charge in [-0.05, 0) is 0 Å². The molecule has 0 unspecified atom stereocenters. The Morgan fingerprint density at radius 3 is 1.00 bits per heavy atom. The molecule has 0 atom stereocenters. The molecule has 0 amide bonds. The SMILES string of the molecule is NCCO.O.O.O.O.O.O.[CH3][Pt]. The van der Waals surface area contributed by atoms with Crippen LogP contribution in [-0.2, 0) is 19.8 Å². The molecule has 91 valence electrons. The van der Waals surface area contributed by atoms with Crippen LogP contribution in [-0.4, -0.2) is 51.1 Å². The molecule has 9 heteroatoms. The van der Waals surface area contributed by atoms with E-state index >= 15 is 0 Å². The number of hydrogen-bond donors (Lipinski definition) is 2. The molecule has 0 radical (unpaired) electrons. The molecule has 15 N–H and O–H groups in total. The Labute approximate surface area is 82.5 Å². The first kappa shape index (κ1) is 83.8. The van der Waals surface area contributed by atoms with E-state index in [0.717, 1.165) is 0 Å². The third kappa shape index (κ3) is 486. The van der Waals surface area contributed by atoms with Crippen molar-refractivity contribution in [1.82, 2.24) is 0 Å². The van der Waals surface area contributed by atoms with Crippen molar-refractivity contribution in [3.05, 3.63) is 0 Å². The Bertz CT molecular complexity index is 20.6. The minimum atomic E-state index is 0. The summed E-state index contributed by atoms with van der Waals surface area (Å²) in [5.74, 6) is 0. The molecule has 0 saturated heterocycles. The molecule has 0 heterocycles. The van der Waals surface area contributed by atoms with Crippen molar-refractivity contribution < 1.29 is 57.8 Å². The maximum absolute atomic E-state index is 7.75. The van der Waals surface area contributed by atoms with Crippen LogP contribution in [0.5, 0.6) is 0 Å². The van der Waals surface area contributed by atoms with E-state index in [1.165, 1.54) is 0 Å². The first-order chi connectivity index (χ1) is 2.91. The Kier molecular flexibility index (Phi) is 1520. The van der Waals surface area contributed by atoms with E-state index in [2.05, 4.69) is 19.8 Å².